The summed E-state index contributed by atoms with van der Waals surface area (Å²) in [5.41, 5.74) is 0.404. The highest BCUT2D eigenvalue weighted by Crippen LogP contribution is 2.38. The van der Waals surface area contributed by atoms with E-state index >= 15 is 0 Å². The number of benzene rings is 2. The first-order valence-electron chi connectivity index (χ1n) is 13.9. The van der Waals surface area contributed by atoms with Crippen LogP contribution in [0.3, 0.4) is 0 Å². The lowest BCUT2D eigenvalue weighted by atomic mass is 10.00. The van der Waals surface area contributed by atoms with E-state index in [9.17, 15) is 19.2 Å². The van der Waals surface area contributed by atoms with Gasteiger partial charge in [0.2, 0.25) is 0 Å². The Morgan fingerprint density at radius 1 is 0.778 bits per heavy atom. The van der Waals surface area contributed by atoms with Crippen LogP contribution in [0.5, 0.6) is 23.0 Å². The molecule has 0 radical (unpaired) electrons. The van der Waals surface area contributed by atoms with E-state index in [4.69, 9.17) is 47.4 Å². The van der Waals surface area contributed by atoms with Crippen LogP contribution in [0.4, 0.5) is 0 Å². The molecule has 2 aromatic rings. The number of methoxy groups -OCH3 is 3. The largest absolute Gasteiger partial charge is 0.493 e. The molecular formula is C31H38O14. The van der Waals surface area contributed by atoms with E-state index in [-0.39, 0.29) is 24.7 Å². The molecule has 45 heavy (non-hydrogen) atoms. The van der Waals surface area contributed by atoms with Crippen molar-refractivity contribution in [1.29, 1.82) is 0 Å². The average Bonchev–Trinajstić information content (AvgIpc) is 2.99. The molecule has 246 valence electrons. The molecule has 3 rings (SSSR count). The first kappa shape index (κ1) is 35.1. The summed E-state index contributed by atoms with van der Waals surface area (Å²) in [5, 5.41) is 0. The zero-order valence-electron chi connectivity index (χ0n) is 26.1. The number of ether oxygens (including phenoxy) is 10. The molecule has 0 aliphatic carbocycles. The Balaban J connectivity index is 2.18. The van der Waals surface area contributed by atoms with Crippen molar-refractivity contribution in [1.82, 2.24) is 0 Å². The highest BCUT2D eigenvalue weighted by atomic mass is 16.7. The fourth-order valence-corrected chi connectivity index (χ4v) is 4.65. The number of carbonyl (C=O) groups excluding carboxylic acids is 4. The minimum absolute atomic E-state index is 0.137. The third-order valence-corrected chi connectivity index (χ3v) is 6.44. The maximum atomic E-state index is 12.2. The molecule has 0 saturated carbocycles. The maximum absolute atomic E-state index is 12.2. The fraction of sp³-hybridized carbons (Fsp3) is 0.484. The van der Waals surface area contributed by atoms with Gasteiger partial charge < -0.3 is 47.4 Å². The van der Waals surface area contributed by atoms with Crippen LogP contribution in [0.25, 0.3) is 0 Å². The molecule has 6 atom stereocenters. The van der Waals surface area contributed by atoms with Crippen molar-refractivity contribution in [2.24, 2.45) is 0 Å². The lowest BCUT2D eigenvalue weighted by molar-refractivity contribution is -0.293. The number of carbonyl (C=O) groups is 4. The second-order valence-electron chi connectivity index (χ2n) is 9.79. The molecule has 1 fully saturated rings. The van der Waals surface area contributed by atoms with Crippen molar-refractivity contribution in [3.8, 4) is 23.0 Å². The van der Waals surface area contributed by atoms with Crippen LogP contribution in [0.15, 0.2) is 42.5 Å². The standard InChI is InChI=1S/C31H38O14/c1-17(32)39-15-26(44-23-11-9-8-10-22(23)36-5)28(21-12-13-24(41-18(2)33)25(14-21)37-6)45-30-29(43-20(4)35)27(42-19(3)34)16-40-31(30)38-7/h8-14,26-31H,15-16H2,1-7H3/t26-,27-,28+,29+,30-,31-/m1/s1. The molecule has 1 aliphatic rings. The molecule has 0 aromatic heterocycles. The molecule has 0 N–H and O–H groups in total. The summed E-state index contributed by atoms with van der Waals surface area (Å²) in [7, 11) is 4.23. The molecule has 1 aliphatic heterocycles. The Morgan fingerprint density at radius 2 is 1.44 bits per heavy atom. The molecule has 2 aromatic carbocycles. The van der Waals surface area contributed by atoms with E-state index in [0.717, 1.165) is 0 Å². The minimum Gasteiger partial charge on any atom is -0.493 e. The molecule has 1 heterocycles. The second kappa shape index (κ2) is 16.6. The van der Waals surface area contributed by atoms with Crippen LogP contribution < -0.4 is 18.9 Å². The van der Waals surface area contributed by atoms with Gasteiger partial charge in [-0.2, -0.15) is 0 Å². The van der Waals surface area contributed by atoms with Crippen LogP contribution in [0.2, 0.25) is 0 Å². The van der Waals surface area contributed by atoms with Crippen molar-refractivity contribution in [3.63, 3.8) is 0 Å². The van der Waals surface area contributed by atoms with E-state index in [1.807, 2.05) is 0 Å². The number of rotatable bonds is 14. The molecule has 0 unspecified atom stereocenters. The van der Waals surface area contributed by atoms with E-state index in [1.165, 1.54) is 55.1 Å². The van der Waals surface area contributed by atoms with Crippen molar-refractivity contribution >= 4 is 23.9 Å². The van der Waals surface area contributed by atoms with Crippen LogP contribution in [-0.2, 0) is 47.6 Å². The van der Waals surface area contributed by atoms with E-state index in [1.54, 1.807) is 36.4 Å². The molecular weight excluding hydrogens is 596 g/mol. The van der Waals surface area contributed by atoms with Gasteiger partial charge in [-0.25, -0.2) is 0 Å². The van der Waals surface area contributed by atoms with E-state index < -0.39 is 60.7 Å². The van der Waals surface area contributed by atoms with Gasteiger partial charge in [0.15, 0.2) is 47.6 Å². The predicted molar refractivity (Wildman–Crippen MR) is 154 cm³/mol. The van der Waals surface area contributed by atoms with Gasteiger partial charge >= 0.3 is 23.9 Å². The monoisotopic (exact) mass is 634 g/mol. The van der Waals surface area contributed by atoms with Crippen LogP contribution in [0, 0.1) is 0 Å². The average molecular weight is 635 g/mol. The topological polar surface area (TPSA) is 161 Å². The SMILES string of the molecule is COc1cc([C@H](O[C@H]2[C@H](OC)OC[C@@H](OC(C)=O)[C@@H]2OC(C)=O)[C@@H](COC(C)=O)Oc2ccccc2OC)ccc1OC(C)=O. The van der Waals surface area contributed by atoms with Gasteiger partial charge in [-0.1, -0.05) is 18.2 Å². The molecule has 14 nitrogen and oxygen atoms in total. The highest BCUT2D eigenvalue weighted by molar-refractivity contribution is 5.70. The number of hydrogen-bond donors (Lipinski definition) is 0. The van der Waals surface area contributed by atoms with Gasteiger partial charge in [-0.3, -0.25) is 19.2 Å². The summed E-state index contributed by atoms with van der Waals surface area (Å²) in [4.78, 5) is 47.8. The van der Waals surface area contributed by atoms with Gasteiger partial charge in [0.1, 0.15) is 18.8 Å². The summed E-state index contributed by atoms with van der Waals surface area (Å²) in [6.07, 6.45) is -6.77. The quantitative estimate of drug-likeness (QED) is 0.169. The molecule has 0 amide bonds. The highest BCUT2D eigenvalue weighted by Gasteiger charge is 2.48. The maximum Gasteiger partial charge on any atom is 0.308 e. The zero-order valence-corrected chi connectivity index (χ0v) is 26.1. The van der Waals surface area contributed by atoms with Gasteiger partial charge in [0.25, 0.3) is 0 Å². The van der Waals surface area contributed by atoms with Gasteiger partial charge in [-0.05, 0) is 29.8 Å². The summed E-state index contributed by atoms with van der Waals surface area (Å²) < 4.78 is 56.9. The van der Waals surface area contributed by atoms with Crippen LogP contribution >= 0.6 is 0 Å². The number of hydrogen-bond acceptors (Lipinski definition) is 14. The Bertz CT molecular complexity index is 1330. The van der Waals surface area contributed by atoms with Crippen LogP contribution in [0.1, 0.15) is 39.4 Å². The fourth-order valence-electron chi connectivity index (χ4n) is 4.65. The molecule has 14 heteroatoms. The van der Waals surface area contributed by atoms with Crippen LogP contribution in [-0.4, -0.2) is 89.1 Å². The third kappa shape index (κ3) is 9.80. The Morgan fingerprint density at radius 3 is 2.02 bits per heavy atom. The Hall–Kier alpha value is -4.40. The van der Waals surface area contributed by atoms with Gasteiger partial charge in [-0.15, -0.1) is 0 Å². The van der Waals surface area contributed by atoms with Crippen molar-refractivity contribution in [3.05, 3.63) is 48.0 Å². The van der Waals surface area contributed by atoms with E-state index in [2.05, 4.69) is 0 Å². The number of para-hydroxylation sites is 2. The first-order chi connectivity index (χ1) is 21.5. The van der Waals surface area contributed by atoms with Gasteiger partial charge in [0, 0.05) is 34.8 Å². The molecule has 1 saturated heterocycles. The predicted octanol–water partition coefficient (Wildman–Crippen LogP) is 2.93. The Kier molecular flexibility index (Phi) is 12.9. The van der Waals surface area contributed by atoms with Crippen molar-refractivity contribution in [2.45, 2.75) is 64.5 Å². The van der Waals surface area contributed by atoms with Gasteiger partial charge in [0.05, 0.1) is 20.8 Å². The minimum atomic E-state index is -1.21. The normalized spacial score (nSPS) is 20.6. The van der Waals surface area contributed by atoms with E-state index in [0.29, 0.717) is 17.1 Å². The van der Waals surface area contributed by atoms with Crippen molar-refractivity contribution in [2.75, 3.05) is 34.5 Å². The summed E-state index contributed by atoms with van der Waals surface area (Å²) in [6, 6.07) is 11.4. The second-order valence-corrected chi connectivity index (χ2v) is 9.79. The lowest BCUT2D eigenvalue weighted by Gasteiger charge is -2.42. The summed E-state index contributed by atoms with van der Waals surface area (Å²) in [6.45, 7) is 4.42. The van der Waals surface area contributed by atoms with Crippen molar-refractivity contribution < 1.29 is 66.5 Å². The summed E-state index contributed by atoms with van der Waals surface area (Å²) >= 11 is 0. The number of esters is 4. The smallest absolute Gasteiger partial charge is 0.308 e. The molecule has 0 bridgehead atoms. The first-order valence-corrected chi connectivity index (χ1v) is 13.9. The Labute approximate surface area is 260 Å². The lowest BCUT2D eigenvalue weighted by Crippen LogP contribution is -2.58. The summed E-state index contributed by atoms with van der Waals surface area (Å²) in [5.74, 6) is -1.46. The zero-order chi connectivity index (χ0) is 33.1. The third-order valence-electron chi connectivity index (χ3n) is 6.44. The molecule has 0 spiro atoms.